The summed E-state index contributed by atoms with van der Waals surface area (Å²) in [5, 5.41) is 20.3. The van der Waals surface area contributed by atoms with E-state index in [4.69, 9.17) is 21.4 Å². The van der Waals surface area contributed by atoms with Crippen molar-refractivity contribution in [2.24, 2.45) is 0 Å². The third kappa shape index (κ3) is 7.22. The molecule has 0 saturated carbocycles. The molecule has 1 fully saturated rings. The van der Waals surface area contributed by atoms with Crippen LogP contribution in [0.4, 0.5) is 8.78 Å². The fourth-order valence-corrected chi connectivity index (χ4v) is 4.76. The maximum atomic E-state index is 14.3. The van der Waals surface area contributed by atoms with Crippen molar-refractivity contribution < 1.29 is 28.5 Å². The van der Waals surface area contributed by atoms with Crippen LogP contribution in [0.15, 0.2) is 30.3 Å². The molecule has 1 aliphatic heterocycles. The molecule has 3 atom stereocenters. The third-order valence-electron chi connectivity index (χ3n) is 6.41. The highest BCUT2D eigenvalue weighted by Crippen LogP contribution is 2.27. The lowest BCUT2D eigenvalue weighted by atomic mass is 9.98. The van der Waals surface area contributed by atoms with Crippen LogP contribution in [-0.2, 0) is 22.4 Å². The van der Waals surface area contributed by atoms with E-state index < -0.39 is 29.8 Å². The highest BCUT2D eigenvalue weighted by molar-refractivity contribution is 6.31. The standard InChI is InChI=1S/C26H32ClF2NO4/c1-16-5-6-18(11-24(16)27)10-20-4-3-9-30(20)14-21(31)15-34-17(2)23-12-19(28)13-25(29)22(23)7-8-26(32)33/h5-6,11-13,17,20-21,31H,3-4,7-10,14-15H2,1-2H3,(H,32,33)/t17-,20+,21-/m1/s1. The minimum Gasteiger partial charge on any atom is -0.481 e. The summed E-state index contributed by atoms with van der Waals surface area (Å²) in [6.07, 6.45) is 1.12. The Labute approximate surface area is 204 Å². The van der Waals surface area contributed by atoms with Gasteiger partial charge in [-0.3, -0.25) is 9.69 Å². The van der Waals surface area contributed by atoms with E-state index >= 15 is 0 Å². The number of aliphatic carboxylic acids is 1. The van der Waals surface area contributed by atoms with Gasteiger partial charge >= 0.3 is 5.97 Å². The summed E-state index contributed by atoms with van der Waals surface area (Å²) in [7, 11) is 0. The number of ether oxygens (including phenoxy) is 1. The van der Waals surface area contributed by atoms with Crippen LogP contribution in [0.2, 0.25) is 5.02 Å². The first kappa shape index (κ1) is 26.5. The molecule has 0 bridgehead atoms. The van der Waals surface area contributed by atoms with Crippen LogP contribution < -0.4 is 0 Å². The number of benzene rings is 2. The number of carboxylic acid groups (broad SMARTS) is 1. The van der Waals surface area contributed by atoms with Crippen molar-refractivity contribution in [2.45, 2.75) is 64.2 Å². The summed E-state index contributed by atoms with van der Waals surface area (Å²) in [5.41, 5.74) is 2.59. The third-order valence-corrected chi connectivity index (χ3v) is 6.82. The van der Waals surface area contributed by atoms with Gasteiger partial charge in [0.15, 0.2) is 0 Å². The Bertz CT molecular complexity index is 1000. The van der Waals surface area contributed by atoms with E-state index in [1.54, 1.807) is 6.92 Å². The molecule has 2 N–H and O–H groups in total. The van der Waals surface area contributed by atoms with Gasteiger partial charge in [-0.25, -0.2) is 8.78 Å². The normalized spacial score (nSPS) is 18.2. The number of carboxylic acids is 1. The molecule has 0 amide bonds. The molecule has 0 aliphatic carbocycles. The number of β-amino-alcohol motifs (C(OH)–C–C–N with tert-alkyl or cyclic N) is 1. The largest absolute Gasteiger partial charge is 0.481 e. The fraction of sp³-hybridized carbons (Fsp3) is 0.500. The fourth-order valence-electron chi connectivity index (χ4n) is 4.55. The molecule has 1 saturated heterocycles. The maximum absolute atomic E-state index is 14.3. The summed E-state index contributed by atoms with van der Waals surface area (Å²) < 4.78 is 33.9. The molecule has 2 aromatic rings. The number of likely N-dealkylation sites (tertiary alicyclic amines) is 1. The number of rotatable bonds is 11. The molecule has 34 heavy (non-hydrogen) atoms. The molecule has 0 radical (unpaired) electrons. The van der Waals surface area contributed by atoms with Crippen LogP contribution in [-0.4, -0.2) is 52.9 Å². The average Bonchev–Trinajstić information content (AvgIpc) is 3.19. The first-order chi connectivity index (χ1) is 16.1. The van der Waals surface area contributed by atoms with Crippen molar-refractivity contribution in [1.82, 2.24) is 4.90 Å². The van der Waals surface area contributed by atoms with E-state index in [1.807, 2.05) is 19.1 Å². The summed E-state index contributed by atoms with van der Waals surface area (Å²) in [4.78, 5) is 13.2. The van der Waals surface area contributed by atoms with E-state index in [2.05, 4.69) is 11.0 Å². The number of hydrogen-bond acceptors (Lipinski definition) is 4. The zero-order valence-corrected chi connectivity index (χ0v) is 20.3. The Kier molecular flexibility index (Phi) is 9.42. The summed E-state index contributed by atoms with van der Waals surface area (Å²) in [6.45, 7) is 4.92. The average molecular weight is 496 g/mol. The molecule has 8 heteroatoms. The second kappa shape index (κ2) is 12.1. The van der Waals surface area contributed by atoms with Crippen LogP contribution >= 0.6 is 11.6 Å². The van der Waals surface area contributed by atoms with Gasteiger partial charge in [-0.1, -0.05) is 23.7 Å². The monoisotopic (exact) mass is 495 g/mol. The number of aryl methyl sites for hydroxylation is 1. The number of aliphatic hydroxyl groups is 1. The minimum absolute atomic E-state index is 0.00273. The SMILES string of the molecule is Cc1ccc(C[C@@H]2CCCN2C[C@@H](O)CO[C@H](C)c2cc(F)cc(F)c2CCC(=O)O)cc1Cl. The van der Waals surface area contributed by atoms with E-state index in [9.17, 15) is 18.7 Å². The van der Waals surface area contributed by atoms with Crippen LogP contribution in [0.1, 0.15) is 54.5 Å². The van der Waals surface area contributed by atoms with Gasteiger partial charge in [0.1, 0.15) is 11.6 Å². The van der Waals surface area contributed by atoms with E-state index in [1.165, 1.54) is 6.07 Å². The predicted octanol–water partition coefficient (Wildman–Crippen LogP) is 5.09. The highest BCUT2D eigenvalue weighted by Gasteiger charge is 2.27. The van der Waals surface area contributed by atoms with Gasteiger partial charge < -0.3 is 14.9 Å². The Balaban J connectivity index is 1.57. The molecular weight excluding hydrogens is 464 g/mol. The summed E-state index contributed by atoms with van der Waals surface area (Å²) in [5.74, 6) is -2.60. The van der Waals surface area contributed by atoms with E-state index in [0.717, 1.165) is 48.0 Å². The number of nitrogens with zero attached hydrogens (tertiary/aromatic N) is 1. The van der Waals surface area contributed by atoms with Crippen LogP contribution in [0, 0.1) is 18.6 Å². The van der Waals surface area contributed by atoms with Gasteiger partial charge in [0.05, 0.1) is 18.8 Å². The van der Waals surface area contributed by atoms with E-state index in [-0.39, 0.29) is 30.6 Å². The van der Waals surface area contributed by atoms with Crippen molar-refractivity contribution in [3.05, 3.63) is 69.2 Å². The number of hydrogen-bond donors (Lipinski definition) is 2. The molecule has 1 aliphatic rings. The Hall–Kier alpha value is -2.06. The number of halogens is 3. The quantitative estimate of drug-likeness (QED) is 0.454. The van der Waals surface area contributed by atoms with Gasteiger partial charge in [0, 0.05) is 30.1 Å². The first-order valence-corrected chi connectivity index (χ1v) is 12.0. The zero-order valence-electron chi connectivity index (χ0n) is 19.6. The highest BCUT2D eigenvalue weighted by atomic mass is 35.5. The molecule has 5 nitrogen and oxygen atoms in total. The topological polar surface area (TPSA) is 70.0 Å². The Morgan fingerprint density at radius 1 is 1.29 bits per heavy atom. The Morgan fingerprint density at radius 2 is 2.06 bits per heavy atom. The molecule has 186 valence electrons. The minimum atomic E-state index is -1.06. The first-order valence-electron chi connectivity index (χ1n) is 11.6. The molecular formula is C26H32ClF2NO4. The van der Waals surface area contributed by atoms with Crippen molar-refractivity contribution in [2.75, 3.05) is 19.7 Å². The lowest BCUT2D eigenvalue weighted by Crippen LogP contribution is -2.39. The summed E-state index contributed by atoms with van der Waals surface area (Å²) in [6, 6.07) is 8.30. The molecule has 1 heterocycles. The molecule has 2 aromatic carbocycles. The zero-order chi connectivity index (χ0) is 24.8. The maximum Gasteiger partial charge on any atom is 0.303 e. The molecule has 0 aromatic heterocycles. The smallest absolute Gasteiger partial charge is 0.303 e. The molecule has 0 unspecified atom stereocenters. The Morgan fingerprint density at radius 3 is 2.76 bits per heavy atom. The van der Waals surface area contributed by atoms with Gasteiger partial charge in [-0.05, 0) is 80.5 Å². The second-order valence-corrected chi connectivity index (χ2v) is 9.46. The lowest BCUT2D eigenvalue weighted by molar-refractivity contribution is -0.136. The van der Waals surface area contributed by atoms with Gasteiger partial charge in [-0.15, -0.1) is 0 Å². The van der Waals surface area contributed by atoms with Crippen LogP contribution in [0.25, 0.3) is 0 Å². The lowest BCUT2D eigenvalue weighted by Gasteiger charge is -2.28. The summed E-state index contributed by atoms with van der Waals surface area (Å²) >= 11 is 6.26. The van der Waals surface area contributed by atoms with Crippen LogP contribution in [0.5, 0.6) is 0 Å². The molecule has 3 rings (SSSR count). The van der Waals surface area contributed by atoms with Crippen molar-refractivity contribution >= 4 is 17.6 Å². The van der Waals surface area contributed by atoms with Crippen molar-refractivity contribution in [3.8, 4) is 0 Å². The molecule has 0 spiro atoms. The van der Waals surface area contributed by atoms with E-state index in [0.29, 0.717) is 12.6 Å². The van der Waals surface area contributed by atoms with Crippen molar-refractivity contribution in [1.29, 1.82) is 0 Å². The predicted molar refractivity (Wildman–Crippen MR) is 127 cm³/mol. The number of aliphatic hydroxyl groups excluding tert-OH is 1. The van der Waals surface area contributed by atoms with Gasteiger partial charge in [0.25, 0.3) is 0 Å². The van der Waals surface area contributed by atoms with Crippen molar-refractivity contribution in [3.63, 3.8) is 0 Å². The van der Waals surface area contributed by atoms with Gasteiger partial charge in [-0.2, -0.15) is 0 Å². The second-order valence-electron chi connectivity index (χ2n) is 9.06. The van der Waals surface area contributed by atoms with Crippen LogP contribution in [0.3, 0.4) is 0 Å². The van der Waals surface area contributed by atoms with Gasteiger partial charge in [0.2, 0.25) is 0 Å². The number of carbonyl (C=O) groups is 1.